The number of anilines is 1. The fraction of sp³-hybridized carbons (Fsp3) is 0.562. The van der Waals surface area contributed by atoms with Crippen molar-refractivity contribution in [3.05, 3.63) is 29.3 Å². The van der Waals surface area contributed by atoms with Crippen LogP contribution in [0.4, 0.5) is 5.69 Å². The zero-order chi connectivity index (χ0) is 13.7. The number of hydrogen-bond acceptors (Lipinski definition) is 2. The van der Waals surface area contributed by atoms with E-state index in [0.29, 0.717) is 6.04 Å². The van der Waals surface area contributed by atoms with Crippen LogP contribution in [-0.4, -0.2) is 18.5 Å². The predicted octanol–water partition coefficient (Wildman–Crippen LogP) is 3.49. The van der Waals surface area contributed by atoms with Gasteiger partial charge in [-0.15, -0.1) is 0 Å². The van der Waals surface area contributed by atoms with Crippen molar-refractivity contribution in [3.8, 4) is 0 Å². The Kier molecular flexibility index (Phi) is 4.83. The fourth-order valence-electron chi connectivity index (χ4n) is 2.59. The normalized spacial score (nSPS) is 15.5. The van der Waals surface area contributed by atoms with Crippen LogP contribution in [0.2, 0.25) is 0 Å². The second-order valence-electron chi connectivity index (χ2n) is 5.43. The maximum absolute atomic E-state index is 12.4. The number of nitrogens with one attached hydrogen (secondary N) is 2. The number of carbonyl (C=O) groups excluding carboxylic acids is 1. The van der Waals surface area contributed by atoms with Gasteiger partial charge in [-0.25, -0.2) is 0 Å². The van der Waals surface area contributed by atoms with Gasteiger partial charge in [0.2, 0.25) is 0 Å². The van der Waals surface area contributed by atoms with Gasteiger partial charge in [-0.1, -0.05) is 31.4 Å². The Morgan fingerprint density at radius 2 is 2.05 bits per heavy atom. The molecule has 0 unspecified atom stereocenters. The Hall–Kier alpha value is -1.51. The van der Waals surface area contributed by atoms with Gasteiger partial charge in [0, 0.05) is 18.3 Å². The largest absolute Gasteiger partial charge is 0.384 e. The van der Waals surface area contributed by atoms with Gasteiger partial charge in [0.25, 0.3) is 5.91 Å². The van der Waals surface area contributed by atoms with Crippen LogP contribution in [0.25, 0.3) is 0 Å². The zero-order valence-corrected chi connectivity index (χ0v) is 12.0. The van der Waals surface area contributed by atoms with Gasteiger partial charge in [-0.05, 0) is 38.3 Å². The van der Waals surface area contributed by atoms with Crippen LogP contribution in [0.3, 0.4) is 0 Å². The van der Waals surface area contributed by atoms with E-state index in [1.165, 1.54) is 12.8 Å². The van der Waals surface area contributed by atoms with Gasteiger partial charge < -0.3 is 10.6 Å². The fourth-order valence-corrected chi connectivity index (χ4v) is 2.59. The molecule has 1 amide bonds. The van der Waals surface area contributed by atoms with Crippen LogP contribution < -0.4 is 10.6 Å². The lowest BCUT2D eigenvalue weighted by atomic mass is 10.1. The van der Waals surface area contributed by atoms with Crippen molar-refractivity contribution in [1.29, 1.82) is 0 Å². The summed E-state index contributed by atoms with van der Waals surface area (Å²) in [6.45, 7) is 5.04. The lowest BCUT2D eigenvalue weighted by molar-refractivity contribution is 0.0938. The Morgan fingerprint density at radius 3 is 2.74 bits per heavy atom. The molecule has 2 rings (SSSR count). The summed E-state index contributed by atoms with van der Waals surface area (Å²) in [6, 6.07) is 6.40. The highest BCUT2D eigenvalue weighted by atomic mass is 16.1. The summed E-state index contributed by atoms with van der Waals surface area (Å²) in [6.07, 6.45) is 5.77. The van der Waals surface area contributed by atoms with Crippen LogP contribution in [0.15, 0.2) is 18.2 Å². The van der Waals surface area contributed by atoms with Crippen molar-refractivity contribution in [2.45, 2.75) is 52.0 Å². The van der Waals surface area contributed by atoms with Crippen molar-refractivity contribution < 1.29 is 4.79 Å². The lowest BCUT2D eigenvalue weighted by Gasteiger charge is -2.16. The van der Waals surface area contributed by atoms with Crippen LogP contribution in [0, 0.1) is 6.92 Å². The molecule has 0 radical (unpaired) electrons. The second kappa shape index (κ2) is 6.60. The molecule has 0 saturated heterocycles. The van der Waals surface area contributed by atoms with E-state index in [2.05, 4.69) is 17.6 Å². The van der Waals surface area contributed by atoms with Crippen LogP contribution in [0.1, 0.15) is 54.9 Å². The number of benzene rings is 1. The van der Waals surface area contributed by atoms with E-state index in [1.54, 1.807) is 0 Å². The first-order valence-electron chi connectivity index (χ1n) is 7.36. The number of hydrogen-bond donors (Lipinski definition) is 2. The van der Waals surface area contributed by atoms with E-state index in [-0.39, 0.29) is 5.91 Å². The number of aryl methyl sites for hydroxylation is 1. The SMILES string of the molecule is CCCNc1ccc(C)cc1C(=O)NC1CCCC1. The topological polar surface area (TPSA) is 41.1 Å². The molecule has 0 heterocycles. The molecule has 1 aliphatic rings. The summed E-state index contributed by atoms with van der Waals surface area (Å²) in [7, 11) is 0. The summed E-state index contributed by atoms with van der Waals surface area (Å²) in [5, 5.41) is 6.50. The zero-order valence-electron chi connectivity index (χ0n) is 12.0. The molecule has 1 aliphatic carbocycles. The number of rotatable bonds is 5. The minimum atomic E-state index is 0.0641. The number of amides is 1. The first kappa shape index (κ1) is 13.9. The third-order valence-corrected chi connectivity index (χ3v) is 3.68. The van der Waals surface area contributed by atoms with Crippen molar-refractivity contribution in [1.82, 2.24) is 5.32 Å². The molecule has 1 aromatic carbocycles. The average molecular weight is 260 g/mol. The van der Waals surface area contributed by atoms with Gasteiger partial charge in [0.1, 0.15) is 0 Å². The minimum Gasteiger partial charge on any atom is -0.384 e. The highest BCUT2D eigenvalue weighted by Gasteiger charge is 2.19. The van der Waals surface area contributed by atoms with Gasteiger partial charge in [-0.2, -0.15) is 0 Å². The summed E-state index contributed by atoms with van der Waals surface area (Å²) in [4.78, 5) is 12.4. The molecule has 2 N–H and O–H groups in total. The van der Waals surface area contributed by atoms with Crippen LogP contribution in [-0.2, 0) is 0 Å². The van der Waals surface area contributed by atoms with Gasteiger partial charge in [-0.3, -0.25) is 4.79 Å². The standard InChI is InChI=1S/C16H24N2O/c1-3-10-17-15-9-8-12(2)11-14(15)16(19)18-13-6-4-5-7-13/h8-9,11,13,17H,3-7,10H2,1-2H3,(H,18,19). The lowest BCUT2D eigenvalue weighted by Crippen LogP contribution is -2.33. The minimum absolute atomic E-state index is 0.0641. The molecule has 0 spiro atoms. The molecule has 0 aromatic heterocycles. The Morgan fingerprint density at radius 1 is 1.32 bits per heavy atom. The molecule has 3 heteroatoms. The second-order valence-corrected chi connectivity index (χ2v) is 5.43. The maximum atomic E-state index is 12.4. The van der Waals surface area contributed by atoms with Gasteiger partial charge in [0.15, 0.2) is 0 Å². The monoisotopic (exact) mass is 260 g/mol. The first-order valence-corrected chi connectivity index (χ1v) is 7.36. The van der Waals surface area contributed by atoms with Gasteiger partial charge >= 0.3 is 0 Å². The maximum Gasteiger partial charge on any atom is 0.253 e. The highest BCUT2D eigenvalue weighted by molar-refractivity contribution is 6.00. The predicted molar refractivity (Wildman–Crippen MR) is 79.7 cm³/mol. The summed E-state index contributed by atoms with van der Waals surface area (Å²) >= 11 is 0. The van der Waals surface area contributed by atoms with E-state index in [4.69, 9.17) is 0 Å². The quantitative estimate of drug-likeness (QED) is 0.851. The van der Waals surface area contributed by atoms with E-state index in [0.717, 1.165) is 42.6 Å². The summed E-state index contributed by atoms with van der Waals surface area (Å²) in [5.74, 6) is 0.0641. The molecule has 1 saturated carbocycles. The van der Waals surface area contributed by atoms with Crippen molar-refractivity contribution in [2.75, 3.05) is 11.9 Å². The summed E-state index contributed by atoms with van der Waals surface area (Å²) in [5.41, 5.74) is 2.85. The highest BCUT2D eigenvalue weighted by Crippen LogP contribution is 2.21. The molecule has 0 bridgehead atoms. The summed E-state index contributed by atoms with van der Waals surface area (Å²) < 4.78 is 0. The van der Waals surface area contributed by atoms with Crippen LogP contribution in [0.5, 0.6) is 0 Å². The third-order valence-electron chi connectivity index (χ3n) is 3.68. The molecule has 0 aliphatic heterocycles. The molecular weight excluding hydrogens is 236 g/mol. The smallest absolute Gasteiger partial charge is 0.253 e. The van der Waals surface area contributed by atoms with Crippen LogP contribution >= 0.6 is 0 Å². The molecule has 19 heavy (non-hydrogen) atoms. The molecule has 1 aromatic rings. The van der Waals surface area contributed by atoms with E-state index in [1.807, 2.05) is 25.1 Å². The van der Waals surface area contributed by atoms with Crippen molar-refractivity contribution >= 4 is 11.6 Å². The molecule has 3 nitrogen and oxygen atoms in total. The Balaban J connectivity index is 2.11. The van der Waals surface area contributed by atoms with E-state index < -0.39 is 0 Å². The van der Waals surface area contributed by atoms with Crippen molar-refractivity contribution in [2.24, 2.45) is 0 Å². The number of carbonyl (C=O) groups is 1. The Bertz CT molecular complexity index is 436. The van der Waals surface area contributed by atoms with Gasteiger partial charge in [0.05, 0.1) is 5.56 Å². The van der Waals surface area contributed by atoms with Crippen molar-refractivity contribution in [3.63, 3.8) is 0 Å². The molecular formula is C16H24N2O. The first-order chi connectivity index (χ1) is 9.20. The molecule has 0 atom stereocenters. The molecule has 1 fully saturated rings. The average Bonchev–Trinajstić information content (AvgIpc) is 2.90. The Labute approximate surface area is 115 Å². The molecule has 104 valence electrons. The van der Waals surface area contributed by atoms with E-state index >= 15 is 0 Å². The third kappa shape index (κ3) is 3.72. The van der Waals surface area contributed by atoms with E-state index in [9.17, 15) is 4.79 Å².